The number of carbonyl (C=O) groups is 3. The summed E-state index contributed by atoms with van der Waals surface area (Å²) in [5, 5.41) is 16.0. The van der Waals surface area contributed by atoms with E-state index >= 15 is 0 Å². The Labute approximate surface area is 182 Å². The van der Waals surface area contributed by atoms with Gasteiger partial charge in [0.2, 0.25) is 0 Å². The van der Waals surface area contributed by atoms with Gasteiger partial charge in [0.25, 0.3) is 11.8 Å². The first-order valence-electron chi connectivity index (χ1n) is 10.2. The lowest BCUT2D eigenvalue weighted by atomic mass is 10.1. The van der Waals surface area contributed by atoms with Gasteiger partial charge in [-0.05, 0) is 23.8 Å². The van der Waals surface area contributed by atoms with Crippen LogP contribution >= 0.6 is 0 Å². The van der Waals surface area contributed by atoms with E-state index in [9.17, 15) is 14.4 Å². The molecule has 2 aromatic heterocycles. The monoisotopic (exact) mass is 435 g/mol. The third kappa shape index (κ3) is 4.03. The fourth-order valence-electron chi connectivity index (χ4n) is 3.50. The lowest BCUT2D eigenvalue weighted by Crippen LogP contribution is -2.56. The van der Waals surface area contributed by atoms with Crippen LogP contribution in [-0.4, -0.2) is 64.5 Å². The maximum absolute atomic E-state index is 12.8. The molecule has 4 heterocycles. The standard InChI is InChI=1S/C21H21N7O4/c29-17(10-23-13-8-22-9-13)16-6-15(26-19-3-4-25-28(16)19)21(31)24-7-12-1-2-18-14(5-12)27-20(30)11-32-18/h1-6,13,22-23H,7-11H2,(H,24,31)(H,27,30). The van der Waals surface area contributed by atoms with Crippen molar-refractivity contribution >= 4 is 28.9 Å². The molecule has 1 aromatic carbocycles. The molecule has 164 valence electrons. The van der Waals surface area contributed by atoms with Crippen LogP contribution in [0.4, 0.5) is 5.69 Å². The Kier molecular flexibility index (Phi) is 5.25. The first-order chi connectivity index (χ1) is 15.6. The minimum atomic E-state index is -0.420. The number of Topliss-reactive ketones (excluding diaryl/α,β-unsaturated/α-hetero) is 1. The number of nitrogens with one attached hydrogen (secondary N) is 4. The van der Waals surface area contributed by atoms with Crippen LogP contribution in [-0.2, 0) is 11.3 Å². The summed E-state index contributed by atoms with van der Waals surface area (Å²) < 4.78 is 6.78. The average molecular weight is 435 g/mol. The predicted molar refractivity (Wildman–Crippen MR) is 114 cm³/mol. The summed E-state index contributed by atoms with van der Waals surface area (Å²) in [5.41, 5.74) is 2.18. The van der Waals surface area contributed by atoms with Crippen molar-refractivity contribution in [2.45, 2.75) is 12.6 Å². The van der Waals surface area contributed by atoms with Gasteiger partial charge < -0.3 is 26.0 Å². The second-order valence-electron chi connectivity index (χ2n) is 7.64. The molecular formula is C21H21N7O4. The number of hydrogen-bond donors (Lipinski definition) is 4. The van der Waals surface area contributed by atoms with Crippen LogP contribution in [0, 0.1) is 0 Å². The van der Waals surface area contributed by atoms with Gasteiger partial charge in [-0.1, -0.05) is 6.07 Å². The molecule has 5 rings (SSSR count). The van der Waals surface area contributed by atoms with Gasteiger partial charge in [0, 0.05) is 31.7 Å². The fourth-order valence-corrected chi connectivity index (χ4v) is 3.50. The lowest BCUT2D eigenvalue weighted by molar-refractivity contribution is -0.118. The number of rotatable bonds is 7. The number of fused-ring (bicyclic) bond motifs is 2. The Balaban J connectivity index is 1.30. The molecule has 0 radical (unpaired) electrons. The van der Waals surface area contributed by atoms with Crippen molar-refractivity contribution < 1.29 is 19.1 Å². The zero-order chi connectivity index (χ0) is 22.1. The third-order valence-electron chi connectivity index (χ3n) is 5.34. The molecule has 32 heavy (non-hydrogen) atoms. The molecule has 0 bridgehead atoms. The number of anilines is 1. The first-order valence-corrected chi connectivity index (χ1v) is 10.2. The van der Waals surface area contributed by atoms with Gasteiger partial charge in [0.15, 0.2) is 18.0 Å². The molecule has 0 spiro atoms. The average Bonchev–Trinajstić information content (AvgIpc) is 3.24. The Morgan fingerprint density at radius 2 is 2.09 bits per heavy atom. The minimum Gasteiger partial charge on any atom is -0.482 e. The molecule has 2 aliphatic heterocycles. The number of amides is 2. The maximum atomic E-state index is 12.8. The van der Waals surface area contributed by atoms with Gasteiger partial charge in [0.05, 0.1) is 18.4 Å². The highest BCUT2D eigenvalue weighted by atomic mass is 16.5. The van der Waals surface area contributed by atoms with Crippen molar-refractivity contribution in [1.82, 2.24) is 30.5 Å². The third-order valence-corrected chi connectivity index (χ3v) is 5.34. The van der Waals surface area contributed by atoms with E-state index < -0.39 is 5.91 Å². The van der Waals surface area contributed by atoms with E-state index in [2.05, 4.69) is 31.3 Å². The maximum Gasteiger partial charge on any atom is 0.270 e. The number of ketones is 1. The summed E-state index contributed by atoms with van der Waals surface area (Å²) in [6, 6.07) is 8.66. The molecule has 11 nitrogen and oxygen atoms in total. The van der Waals surface area contributed by atoms with Gasteiger partial charge in [-0.3, -0.25) is 14.4 Å². The van der Waals surface area contributed by atoms with E-state index in [1.54, 1.807) is 24.3 Å². The Bertz CT molecular complexity index is 1220. The zero-order valence-electron chi connectivity index (χ0n) is 17.1. The summed E-state index contributed by atoms with van der Waals surface area (Å²) in [7, 11) is 0. The van der Waals surface area contributed by atoms with Crippen LogP contribution in [0.3, 0.4) is 0 Å². The topological polar surface area (TPSA) is 139 Å². The quantitative estimate of drug-likeness (QED) is 0.372. The molecule has 2 amide bonds. The molecule has 0 atom stereocenters. The van der Waals surface area contributed by atoms with E-state index in [-0.39, 0.29) is 43.1 Å². The predicted octanol–water partition coefficient (Wildman–Crippen LogP) is -0.266. The van der Waals surface area contributed by atoms with Gasteiger partial charge >= 0.3 is 0 Å². The molecular weight excluding hydrogens is 414 g/mol. The van der Waals surface area contributed by atoms with Crippen molar-refractivity contribution in [3.8, 4) is 5.75 Å². The SMILES string of the molecule is O=C1COc2ccc(CNC(=O)c3cc(C(=O)CNC4CNC4)n4nccc4n3)cc2N1. The Hall–Kier alpha value is -3.83. The van der Waals surface area contributed by atoms with Crippen molar-refractivity contribution in [3.05, 3.63) is 53.5 Å². The van der Waals surface area contributed by atoms with Crippen molar-refractivity contribution in [2.75, 3.05) is 31.6 Å². The number of aromatic nitrogens is 3. The number of ether oxygens (including phenoxy) is 1. The second-order valence-corrected chi connectivity index (χ2v) is 7.64. The summed E-state index contributed by atoms with van der Waals surface area (Å²) in [5.74, 6) is -0.233. The zero-order valence-corrected chi connectivity index (χ0v) is 17.1. The number of hydrogen-bond acceptors (Lipinski definition) is 8. The first kappa shape index (κ1) is 20.1. The summed E-state index contributed by atoms with van der Waals surface area (Å²) in [4.78, 5) is 41.4. The van der Waals surface area contributed by atoms with E-state index in [0.29, 0.717) is 22.8 Å². The smallest absolute Gasteiger partial charge is 0.270 e. The van der Waals surface area contributed by atoms with Gasteiger partial charge in [0.1, 0.15) is 17.1 Å². The molecule has 0 saturated carbocycles. The molecule has 11 heteroatoms. The van der Waals surface area contributed by atoms with Gasteiger partial charge in [-0.25, -0.2) is 9.50 Å². The molecule has 4 N–H and O–H groups in total. The number of carbonyl (C=O) groups excluding carboxylic acids is 3. The number of nitrogens with zero attached hydrogens (tertiary/aromatic N) is 3. The van der Waals surface area contributed by atoms with E-state index in [0.717, 1.165) is 18.7 Å². The normalized spacial score (nSPS) is 15.4. The highest BCUT2D eigenvalue weighted by Crippen LogP contribution is 2.28. The van der Waals surface area contributed by atoms with Crippen LogP contribution < -0.4 is 26.0 Å². The summed E-state index contributed by atoms with van der Waals surface area (Å²) >= 11 is 0. The second kappa shape index (κ2) is 8.36. The van der Waals surface area contributed by atoms with Gasteiger partial charge in [-0.15, -0.1) is 0 Å². The van der Waals surface area contributed by atoms with Crippen LogP contribution in [0.1, 0.15) is 26.5 Å². The summed E-state index contributed by atoms with van der Waals surface area (Å²) in [6.07, 6.45) is 1.54. The van der Waals surface area contributed by atoms with Crippen LogP contribution in [0.25, 0.3) is 5.65 Å². The van der Waals surface area contributed by atoms with E-state index in [4.69, 9.17) is 4.74 Å². The van der Waals surface area contributed by atoms with Crippen molar-refractivity contribution in [3.63, 3.8) is 0 Å². The highest BCUT2D eigenvalue weighted by Gasteiger charge is 2.21. The van der Waals surface area contributed by atoms with E-state index in [1.165, 1.54) is 16.8 Å². The van der Waals surface area contributed by atoms with Gasteiger partial charge in [-0.2, -0.15) is 5.10 Å². The number of benzene rings is 1. The molecule has 1 fully saturated rings. The molecule has 0 unspecified atom stereocenters. The molecule has 3 aromatic rings. The van der Waals surface area contributed by atoms with Crippen LogP contribution in [0.5, 0.6) is 5.75 Å². The van der Waals surface area contributed by atoms with Crippen LogP contribution in [0.2, 0.25) is 0 Å². The molecule has 2 aliphatic rings. The fraction of sp³-hybridized carbons (Fsp3) is 0.286. The largest absolute Gasteiger partial charge is 0.482 e. The Morgan fingerprint density at radius 3 is 2.91 bits per heavy atom. The minimum absolute atomic E-state index is 0.0139. The van der Waals surface area contributed by atoms with Crippen molar-refractivity contribution in [2.24, 2.45) is 0 Å². The molecule has 1 saturated heterocycles. The lowest BCUT2D eigenvalue weighted by Gasteiger charge is -2.27. The van der Waals surface area contributed by atoms with Crippen LogP contribution in [0.15, 0.2) is 36.5 Å². The Morgan fingerprint density at radius 1 is 1.22 bits per heavy atom. The molecule has 0 aliphatic carbocycles. The van der Waals surface area contributed by atoms with Crippen molar-refractivity contribution in [1.29, 1.82) is 0 Å². The highest BCUT2D eigenvalue weighted by molar-refractivity contribution is 6.00. The van der Waals surface area contributed by atoms with E-state index in [1.807, 2.05) is 0 Å². The summed E-state index contributed by atoms with van der Waals surface area (Å²) in [6.45, 7) is 2.00.